The van der Waals surface area contributed by atoms with Crippen LogP contribution in [0.25, 0.3) is 0 Å². The molecule has 0 aliphatic heterocycles. The van der Waals surface area contributed by atoms with Crippen molar-refractivity contribution in [3.05, 3.63) is 18.2 Å². The summed E-state index contributed by atoms with van der Waals surface area (Å²) in [5, 5.41) is 0. The molecule has 1 aromatic rings. The Morgan fingerprint density at radius 2 is 2.36 bits per heavy atom. The Bertz CT molecular complexity index is 235. The smallest absolute Gasteiger partial charge is 0.115 e. The summed E-state index contributed by atoms with van der Waals surface area (Å²) >= 11 is 0. The molecule has 0 aliphatic rings. The van der Waals surface area contributed by atoms with E-state index in [1.54, 1.807) is 6.20 Å². The summed E-state index contributed by atoms with van der Waals surface area (Å²) in [5.74, 6) is 0.429. The third-order valence-corrected chi connectivity index (χ3v) is 1.85. The van der Waals surface area contributed by atoms with Gasteiger partial charge in [0.2, 0.25) is 0 Å². The SMILES string of the molecule is CCC(C)c1ncncc1N. The second-order valence-electron chi connectivity index (χ2n) is 2.67. The number of nitrogens with zero attached hydrogens (tertiary/aromatic N) is 2. The lowest BCUT2D eigenvalue weighted by Gasteiger charge is -2.08. The molecule has 0 fully saturated rings. The van der Waals surface area contributed by atoms with Gasteiger partial charge in [-0.05, 0) is 6.42 Å². The first-order valence-electron chi connectivity index (χ1n) is 3.81. The average Bonchev–Trinajstić information content (AvgIpc) is 2.04. The molecule has 11 heavy (non-hydrogen) atoms. The van der Waals surface area contributed by atoms with Crippen LogP contribution >= 0.6 is 0 Å². The minimum Gasteiger partial charge on any atom is -0.396 e. The van der Waals surface area contributed by atoms with Crippen molar-refractivity contribution in [2.24, 2.45) is 0 Å². The predicted octanol–water partition coefficient (Wildman–Crippen LogP) is 1.57. The molecule has 3 nitrogen and oxygen atoms in total. The molecule has 0 aromatic carbocycles. The van der Waals surface area contributed by atoms with Gasteiger partial charge >= 0.3 is 0 Å². The summed E-state index contributed by atoms with van der Waals surface area (Å²) in [5.41, 5.74) is 7.33. The van der Waals surface area contributed by atoms with Crippen LogP contribution in [0.1, 0.15) is 31.9 Å². The van der Waals surface area contributed by atoms with Crippen LogP contribution in [-0.2, 0) is 0 Å². The van der Waals surface area contributed by atoms with Gasteiger partial charge in [-0.15, -0.1) is 0 Å². The third kappa shape index (κ3) is 1.67. The fourth-order valence-electron chi connectivity index (χ4n) is 0.955. The molecule has 3 heteroatoms. The van der Waals surface area contributed by atoms with Gasteiger partial charge < -0.3 is 5.73 Å². The molecule has 0 saturated heterocycles. The maximum Gasteiger partial charge on any atom is 0.115 e. The van der Waals surface area contributed by atoms with Gasteiger partial charge in [0.25, 0.3) is 0 Å². The summed E-state index contributed by atoms with van der Waals surface area (Å²) < 4.78 is 0. The molecule has 0 aliphatic carbocycles. The molecule has 2 N–H and O–H groups in total. The van der Waals surface area contributed by atoms with Crippen molar-refractivity contribution in [1.29, 1.82) is 0 Å². The summed E-state index contributed by atoms with van der Waals surface area (Å²) in [6.07, 6.45) is 4.24. The van der Waals surface area contributed by atoms with Gasteiger partial charge in [-0.3, -0.25) is 0 Å². The number of hydrogen-bond donors (Lipinski definition) is 1. The van der Waals surface area contributed by atoms with E-state index in [0.29, 0.717) is 11.6 Å². The van der Waals surface area contributed by atoms with E-state index >= 15 is 0 Å². The van der Waals surface area contributed by atoms with Gasteiger partial charge in [-0.2, -0.15) is 0 Å². The number of aromatic nitrogens is 2. The largest absolute Gasteiger partial charge is 0.396 e. The maximum atomic E-state index is 5.67. The third-order valence-electron chi connectivity index (χ3n) is 1.85. The minimum atomic E-state index is 0.429. The van der Waals surface area contributed by atoms with E-state index in [9.17, 15) is 0 Å². The summed E-state index contributed by atoms with van der Waals surface area (Å²) in [7, 11) is 0. The van der Waals surface area contributed by atoms with Crippen LogP contribution in [0.2, 0.25) is 0 Å². The summed E-state index contributed by atoms with van der Waals surface area (Å²) in [6, 6.07) is 0. The van der Waals surface area contributed by atoms with Gasteiger partial charge in [-0.25, -0.2) is 9.97 Å². The van der Waals surface area contributed by atoms with Crippen molar-refractivity contribution in [1.82, 2.24) is 9.97 Å². The normalized spacial score (nSPS) is 12.9. The Balaban J connectivity index is 2.93. The highest BCUT2D eigenvalue weighted by Gasteiger charge is 2.06. The first kappa shape index (κ1) is 7.98. The van der Waals surface area contributed by atoms with E-state index in [1.165, 1.54) is 6.33 Å². The zero-order chi connectivity index (χ0) is 8.27. The van der Waals surface area contributed by atoms with Crippen molar-refractivity contribution < 1.29 is 0 Å². The minimum absolute atomic E-state index is 0.429. The van der Waals surface area contributed by atoms with E-state index in [2.05, 4.69) is 23.8 Å². The fourth-order valence-corrected chi connectivity index (χ4v) is 0.955. The maximum absolute atomic E-state index is 5.67. The zero-order valence-corrected chi connectivity index (χ0v) is 6.91. The molecule has 1 unspecified atom stereocenters. The van der Waals surface area contributed by atoms with E-state index in [4.69, 9.17) is 5.73 Å². The van der Waals surface area contributed by atoms with Crippen LogP contribution in [0.15, 0.2) is 12.5 Å². The van der Waals surface area contributed by atoms with E-state index in [1.807, 2.05) is 0 Å². The van der Waals surface area contributed by atoms with Crippen molar-refractivity contribution in [2.75, 3.05) is 5.73 Å². The van der Waals surface area contributed by atoms with Gasteiger partial charge in [0.05, 0.1) is 17.6 Å². The average molecular weight is 151 g/mol. The number of hydrogen-bond acceptors (Lipinski definition) is 3. The lowest BCUT2D eigenvalue weighted by atomic mass is 10.0. The van der Waals surface area contributed by atoms with Crippen LogP contribution in [0.3, 0.4) is 0 Å². The van der Waals surface area contributed by atoms with E-state index in [0.717, 1.165) is 12.1 Å². The molecule has 60 valence electrons. The fraction of sp³-hybridized carbons (Fsp3) is 0.500. The molecular weight excluding hydrogens is 138 g/mol. The summed E-state index contributed by atoms with van der Waals surface area (Å²) in [6.45, 7) is 4.23. The van der Waals surface area contributed by atoms with Crippen molar-refractivity contribution in [3.8, 4) is 0 Å². The zero-order valence-electron chi connectivity index (χ0n) is 6.91. The first-order valence-corrected chi connectivity index (χ1v) is 3.81. The lowest BCUT2D eigenvalue weighted by molar-refractivity contribution is 0.707. The Labute approximate surface area is 66.7 Å². The molecule has 0 saturated carbocycles. The molecular formula is C8H13N3. The number of nitrogens with two attached hydrogens (primary N) is 1. The van der Waals surface area contributed by atoms with Gasteiger partial charge in [-0.1, -0.05) is 13.8 Å². The second kappa shape index (κ2) is 3.32. The van der Waals surface area contributed by atoms with Gasteiger partial charge in [0, 0.05) is 5.92 Å². The van der Waals surface area contributed by atoms with Crippen LogP contribution in [0.4, 0.5) is 5.69 Å². The van der Waals surface area contributed by atoms with Gasteiger partial charge in [0.15, 0.2) is 0 Å². The standard InChI is InChI=1S/C8H13N3/c1-3-6(2)8-7(9)4-10-5-11-8/h4-6H,3,9H2,1-2H3. The lowest BCUT2D eigenvalue weighted by Crippen LogP contribution is -2.01. The molecule has 1 atom stereocenters. The topological polar surface area (TPSA) is 51.8 Å². The number of rotatable bonds is 2. The molecule has 0 radical (unpaired) electrons. The van der Waals surface area contributed by atoms with Crippen LogP contribution in [-0.4, -0.2) is 9.97 Å². The molecule has 0 spiro atoms. The van der Waals surface area contributed by atoms with Crippen molar-refractivity contribution in [2.45, 2.75) is 26.2 Å². The number of anilines is 1. The highest BCUT2D eigenvalue weighted by molar-refractivity contribution is 5.41. The number of nitrogen functional groups attached to an aromatic ring is 1. The summed E-state index contributed by atoms with van der Waals surface area (Å²) in [4.78, 5) is 7.94. The Morgan fingerprint density at radius 1 is 1.64 bits per heavy atom. The Hall–Kier alpha value is -1.12. The monoisotopic (exact) mass is 151 g/mol. The van der Waals surface area contributed by atoms with Crippen molar-refractivity contribution >= 4 is 5.69 Å². The second-order valence-corrected chi connectivity index (χ2v) is 2.67. The van der Waals surface area contributed by atoms with Gasteiger partial charge in [0.1, 0.15) is 6.33 Å². The predicted molar refractivity (Wildman–Crippen MR) is 45.2 cm³/mol. The van der Waals surface area contributed by atoms with Crippen LogP contribution in [0, 0.1) is 0 Å². The molecule has 1 heterocycles. The molecule has 0 amide bonds. The highest BCUT2D eigenvalue weighted by Crippen LogP contribution is 2.20. The van der Waals surface area contributed by atoms with Crippen LogP contribution in [0.5, 0.6) is 0 Å². The van der Waals surface area contributed by atoms with E-state index in [-0.39, 0.29) is 0 Å². The molecule has 0 bridgehead atoms. The highest BCUT2D eigenvalue weighted by atomic mass is 14.9. The van der Waals surface area contributed by atoms with Crippen LogP contribution < -0.4 is 5.73 Å². The van der Waals surface area contributed by atoms with E-state index < -0.39 is 0 Å². The molecule has 1 aromatic heterocycles. The Kier molecular flexibility index (Phi) is 2.41. The quantitative estimate of drug-likeness (QED) is 0.698. The van der Waals surface area contributed by atoms with Crippen molar-refractivity contribution in [3.63, 3.8) is 0 Å². The first-order chi connectivity index (χ1) is 5.25. The molecule has 1 rings (SSSR count). The Morgan fingerprint density at radius 3 is 2.91 bits per heavy atom.